The van der Waals surface area contributed by atoms with Crippen LogP contribution in [0, 0.1) is 11.8 Å². The van der Waals surface area contributed by atoms with Crippen molar-refractivity contribution in [1.82, 2.24) is 25.1 Å². The number of amides is 1. The molecule has 0 aliphatic carbocycles. The molecule has 1 saturated heterocycles. The monoisotopic (exact) mass is 279 g/mol. The molecule has 1 aliphatic heterocycles. The van der Waals surface area contributed by atoms with Crippen molar-refractivity contribution in [3.05, 3.63) is 5.82 Å². The van der Waals surface area contributed by atoms with E-state index >= 15 is 0 Å². The van der Waals surface area contributed by atoms with Gasteiger partial charge in [0.25, 0.3) is 0 Å². The van der Waals surface area contributed by atoms with Crippen LogP contribution in [0.25, 0.3) is 0 Å². The van der Waals surface area contributed by atoms with Crippen LogP contribution in [-0.4, -0.2) is 44.1 Å². The molecule has 0 N–H and O–H groups in total. The Morgan fingerprint density at radius 3 is 2.40 bits per heavy atom. The van der Waals surface area contributed by atoms with Gasteiger partial charge in [-0.05, 0) is 28.7 Å². The van der Waals surface area contributed by atoms with E-state index in [0.717, 1.165) is 18.9 Å². The summed E-state index contributed by atoms with van der Waals surface area (Å²) in [4.78, 5) is 14.4. The van der Waals surface area contributed by atoms with E-state index < -0.39 is 0 Å². The zero-order valence-electron chi connectivity index (χ0n) is 13.1. The summed E-state index contributed by atoms with van der Waals surface area (Å²) in [6.07, 6.45) is 1.20. The van der Waals surface area contributed by atoms with E-state index in [1.165, 1.54) is 6.42 Å². The molecule has 2 atom stereocenters. The van der Waals surface area contributed by atoms with E-state index in [2.05, 4.69) is 29.4 Å². The van der Waals surface area contributed by atoms with Crippen LogP contribution in [0.15, 0.2) is 0 Å². The first-order valence-corrected chi connectivity index (χ1v) is 7.31. The van der Waals surface area contributed by atoms with E-state index in [1.807, 2.05) is 25.7 Å². The SMILES string of the molecule is CC1CC(C)CN(C(=O)Cn2nnnc2C(C)(C)C)C1. The Hall–Kier alpha value is -1.46. The number of rotatable bonds is 2. The van der Waals surface area contributed by atoms with Crippen LogP contribution in [0.1, 0.15) is 46.9 Å². The van der Waals surface area contributed by atoms with Crippen molar-refractivity contribution in [3.8, 4) is 0 Å². The second-order valence-electron chi connectivity index (χ2n) is 7.15. The van der Waals surface area contributed by atoms with Crippen LogP contribution in [-0.2, 0) is 16.8 Å². The number of likely N-dealkylation sites (tertiary alicyclic amines) is 1. The van der Waals surface area contributed by atoms with Crippen LogP contribution in [0.2, 0.25) is 0 Å². The van der Waals surface area contributed by atoms with E-state index in [1.54, 1.807) is 4.68 Å². The Morgan fingerprint density at radius 1 is 1.25 bits per heavy atom. The molecule has 0 bridgehead atoms. The fourth-order valence-corrected chi connectivity index (χ4v) is 2.94. The summed E-state index contributed by atoms with van der Waals surface area (Å²) in [6.45, 7) is 12.5. The van der Waals surface area contributed by atoms with Crippen molar-refractivity contribution in [2.75, 3.05) is 13.1 Å². The summed E-state index contributed by atoms with van der Waals surface area (Å²) in [7, 11) is 0. The minimum atomic E-state index is -0.160. The Bertz CT molecular complexity index is 466. The molecular formula is C14H25N5O. The van der Waals surface area contributed by atoms with Crippen molar-refractivity contribution in [2.24, 2.45) is 11.8 Å². The molecule has 1 aromatic heterocycles. The van der Waals surface area contributed by atoms with Crippen LogP contribution < -0.4 is 0 Å². The first kappa shape index (κ1) is 14.9. The van der Waals surface area contributed by atoms with Crippen molar-refractivity contribution < 1.29 is 4.79 Å². The second-order valence-corrected chi connectivity index (χ2v) is 7.15. The van der Waals surface area contributed by atoms with Gasteiger partial charge >= 0.3 is 0 Å². The van der Waals surface area contributed by atoms with Gasteiger partial charge in [0, 0.05) is 18.5 Å². The van der Waals surface area contributed by atoms with Crippen molar-refractivity contribution in [3.63, 3.8) is 0 Å². The summed E-state index contributed by atoms with van der Waals surface area (Å²) in [6, 6.07) is 0. The van der Waals surface area contributed by atoms with Crippen LogP contribution in [0.3, 0.4) is 0 Å². The van der Waals surface area contributed by atoms with E-state index in [9.17, 15) is 4.79 Å². The number of tetrazole rings is 1. The highest BCUT2D eigenvalue weighted by atomic mass is 16.2. The van der Waals surface area contributed by atoms with Crippen molar-refractivity contribution in [2.45, 2.75) is 53.0 Å². The molecular weight excluding hydrogens is 254 g/mol. The van der Waals surface area contributed by atoms with Crippen molar-refractivity contribution >= 4 is 5.91 Å². The third-order valence-electron chi connectivity index (χ3n) is 3.71. The number of piperidine rings is 1. The molecule has 2 rings (SSSR count). The first-order valence-electron chi connectivity index (χ1n) is 7.31. The molecule has 112 valence electrons. The van der Waals surface area contributed by atoms with Gasteiger partial charge in [-0.1, -0.05) is 34.6 Å². The van der Waals surface area contributed by atoms with Gasteiger partial charge in [0.15, 0.2) is 5.82 Å². The molecule has 1 amide bonds. The van der Waals surface area contributed by atoms with Crippen LogP contribution in [0.5, 0.6) is 0 Å². The molecule has 1 aromatic rings. The zero-order valence-corrected chi connectivity index (χ0v) is 13.1. The van der Waals surface area contributed by atoms with E-state index in [4.69, 9.17) is 0 Å². The largest absolute Gasteiger partial charge is 0.341 e. The van der Waals surface area contributed by atoms with Gasteiger partial charge in [0.1, 0.15) is 6.54 Å². The summed E-state index contributed by atoms with van der Waals surface area (Å²) < 4.78 is 1.63. The maximum absolute atomic E-state index is 12.4. The van der Waals surface area contributed by atoms with Gasteiger partial charge in [-0.25, -0.2) is 4.68 Å². The smallest absolute Gasteiger partial charge is 0.244 e. The highest BCUT2D eigenvalue weighted by Crippen LogP contribution is 2.22. The van der Waals surface area contributed by atoms with Gasteiger partial charge in [0.05, 0.1) is 0 Å². The summed E-state index contributed by atoms with van der Waals surface area (Å²) in [5.74, 6) is 2.00. The lowest BCUT2D eigenvalue weighted by molar-refractivity contribution is -0.134. The number of carbonyl (C=O) groups excluding carboxylic acids is 1. The van der Waals surface area contributed by atoms with E-state index in [-0.39, 0.29) is 17.9 Å². The molecule has 6 nitrogen and oxygen atoms in total. The maximum Gasteiger partial charge on any atom is 0.244 e. The number of nitrogens with zero attached hydrogens (tertiary/aromatic N) is 5. The molecule has 0 aromatic carbocycles. The predicted molar refractivity (Wildman–Crippen MR) is 76.0 cm³/mol. The van der Waals surface area contributed by atoms with Gasteiger partial charge in [0.2, 0.25) is 5.91 Å². The molecule has 1 fully saturated rings. The standard InChI is InChI=1S/C14H25N5O/c1-10-6-11(2)8-18(7-10)12(20)9-19-13(14(3,4)5)15-16-17-19/h10-11H,6-9H2,1-5H3. The quantitative estimate of drug-likeness (QED) is 0.822. The van der Waals surface area contributed by atoms with Gasteiger partial charge in [-0.3, -0.25) is 4.79 Å². The molecule has 2 unspecified atom stereocenters. The van der Waals surface area contributed by atoms with Crippen LogP contribution in [0.4, 0.5) is 0 Å². The molecule has 0 saturated carbocycles. The normalized spacial score (nSPS) is 23.9. The topological polar surface area (TPSA) is 63.9 Å². The third-order valence-corrected chi connectivity index (χ3v) is 3.71. The lowest BCUT2D eigenvalue weighted by Crippen LogP contribution is -2.44. The number of hydrogen-bond donors (Lipinski definition) is 0. The van der Waals surface area contributed by atoms with E-state index in [0.29, 0.717) is 11.8 Å². The predicted octanol–water partition coefficient (Wildman–Crippen LogP) is 1.48. The lowest BCUT2D eigenvalue weighted by atomic mass is 9.92. The average Bonchev–Trinajstić information content (AvgIpc) is 2.75. The summed E-state index contributed by atoms with van der Waals surface area (Å²) in [5.41, 5.74) is -0.160. The maximum atomic E-state index is 12.4. The van der Waals surface area contributed by atoms with Gasteiger partial charge in [-0.2, -0.15) is 0 Å². The number of hydrogen-bond acceptors (Lipinski definition) is 4. The Kier molecular flexibility index (Phi) is 4.11. The van der Waals surface area contributed by atoms with Gasteiger partial charge < -0.3 is 4.90 Å². The molecule has 6 heteroatoms. The second kappa shape index (κ2) is 5.50. The Labute approximate surface area is 120 Å². The Morgan fingerprint density at radius 2 is 1.85 bits per heavy atom. The fourth-order valence-electron chi connectivity index (χ4n) is 2.94. The average molecular weight is 279 g/mol. The third kappa shape index (κ3) is 3.35. The first-order chi connectivity index (χ1) is 9.27. The van der Waals surface area contributed by atoms with Crippen LogP contribution >= 0.6 is 0 Å². The molecule has 0 spiro atoms. The lowest BCUT2D eigenvalue weighted by Gasteiger charge is -2.35. The minimum absolute atomic E-state index is 0.112. The molecule has 0 radical (unpaired) electrons. The highest BCUT2D eigenvalue weighted by molar-refractivity contribution is 5.76. The Balaban J connectivity index is 2.07. The molecule has 1 aliphatic rings. The number of aromatic nitrogens is 4. The summed E-state index contributed by atoms with van der Waals surface area (Å²) in [5, 5.41) is 11.7. The fraction of sp³-hybridized carbons (Fsp3) is 0.857. The molecule has 2 heterocycles. The number of carbonyl (C=O) groups is 1. The highest BCUT2D eigenvalue weighted by Gasteiger charge is 2.28. The summed E-state index contributed by atoms with van der Waals surface area (Å²) >= 11 is 0. The van der Waals surface area contributed by atoms with Crippen molar-refractivity contribution in [1.29, 1.82) is 0 Å². The zero-order chi connectivity index (χ0) is 14.9. The minimum Gasteiger partial charge on any atom is -0.341 e. The molecule has 20 heavy (non-hydrogen) atoms. The van der Waals surface area contributed by atoms with Gasteiger partial charge in [-0.15, -0.1) is 5.10 Å².